The van der Waals surface area contributed by atoms with Gasteiger partial charge in [0.1, 0.15) is 11.3 Å². The SMILES string of the molecule is COc1ccc(/C=C2\C(=O)NC(=O)N(c3cc(Cl)ccc3C)C2=O)cc1Br. The zero-order chi connectivity index (χ0) is 19.7. The predicted molar refractivity (Wildman–Crippen MR) is 106 cm³/mol. The summed E-state index contributed by atoms with van der Waals surface area (Å²) in [5.74, 6) is -0.864. The maximum absolute atomic E-state index is 12.9. The Bertz CT molecular complexity index is 1000. The minimum Gasteiger partial charge on any atom is -0.496 e. The molecule has 0 saturated carbocycles. The van der Waals surface area contributed by atoms with E-state index in [0.29, 0.717) is 32.1 Å². The Balaban J connectivity index is 2.05. The van der Waals surface area contributed by atoms with Crippen molar-refractivity contribution >= 4 is 57.1 Å². The van der Waals surface area contributed by atoms with Gasteiger partial charge < -0.3 is 4.74 Å². The predicted octanol–water partition coefficient (Wildman–Crippen LogP) is 4.09. The van der Waals surface area contributed by atoms with Crippen LogP contribution in [-0.2, 0) is 9.59 Å². The monoisotopic (exact) mass is 448 g/mol. The zero-order valence-electron chi connectivity index (χ0n) is 14.4. The number of urea groups is 1. The van der Waals surface area contributed by atoms with Gasteiger partial charge in [-0.25, -0.2) is 9.69 Å². The molecule has 0 spiro atoms. The number of aryl methyl sites for hydroxylation is 1. The van der Waals surface area contributed by atoms with Crippen molar-refractivity contribution in [2.75, 3.05) is 12.0 Å². The van der Waals surface area contributed by atoms with Gasteiger partial charge in [-0.05, 0) is 64.3 Å². The minimum absolute atomic E-state index is 0.161. The van der Waals surface area contributed by atoms with Crippen LogP contribution in [0.3, 0.4) is 0 Å². The molecular weight excluding hydrogens is 436 g/mol. The van der Waals surface area contributed by atoms with Crippen molar-refractivity contribution in [2.24, 2.45) is 0 Å². The molecule has 0 aromatic heterocycles. The maximum Gasteiger partial charge on any atom is 0.335 e. The summed E-state index contributed by atoms with van der Waals surface area (Å²) in [6.07, 6.45) is 1.42. The lowest BCUT2D eigenvalue weighted by molar-refractivity contribution is -0.122. The van der Waals surface area contributed by atoms with Crippen LogP contribution in [0, 0.1) is 6.92 Å². The number of barbiturate groups is 1. The van der Waals surface area contributed by atoms with Crippen LogP contribution in [0.4, 0.5) is 10.5 Å². The molecule has 2 aromatic carbocycles. The highest BCUT2D eigenvalue weighted by molar-refractivity contribution is 9.10. The van der Waals surface area contributed by atoms with Gasteiger partial charge in [0.25, 0.3) is 11.8 Å². The van der Waals surface area contributed by atoms with E-state index in [-0.39, 0.29) is 5.57 Å². The molecule has 0 aliphatic carbocycles. The number of benzene rings is 2. The van der Waals surface area contributed by atoms with Gasteiger partial charge >= 0.3 is 6.03 Å². The largest absolute Gasteiger partial charge is 0.496 e. The molecule has 1 aliphatic heterocycles. The number of nitrogens with one attached hydrogen (secondary N) is 1. The Morgan fingerprint density at radius 2 is 1.89 bits per heavy atom. The number of halogens is 2. The summed E-state index contributed by atoms with van der Waals surface area (Å²) >= 11 is 9.36. The smallest absolute Gasteiger partial charge is 0.335 e. The summed E-state index contributed by atoms with van der Waals surface area (Å²) in [5, 5.41) is 2.56. The quantitative estimate of drug-likeness (QED) is 0.566. The Labute approximate surface area is 168 Å². The van der Waals surface area contributed by atoms with Crippen LogP contribution in [0.25, 0.3) is 6.08 Å². The molecule has 0 bridgehead atoms. The van der Waals surface area contributed by atoms with Crippen molar-refractivity contribution in [3.05, 3.63) is 62.6 Å². The van der Waals surface area contributed by atoms with E-state index in [1.807, 2.05) is 0 Å². The maximum atomic E-state index is 12.9. The molecule has 1 fully saturated rings. The summed E-state index contributed by atoms with van der Waals surface area (Å²) in [5.41, 5.74) is 1.42. The number of hydrogen-bond acceptors (Lipinski definition) is 4. The first-order valence-corrected chi connectivity index (χ1v) is 9.00. The fourth-order valence-corrected chi connectivity index (χ4v) is 3.36. The van der Waals surface area contributed by atoms with Gasteiger partial charge in [-0.3, -0.25) is 14.9 Å². The molecule has 4 amide bonds. The molecule has 6 nitrogen and oxygen atoms in total. The first-order chi connectivity index (χ1) is 12.8. The first-order valence-electron chi connectivity index (χ1n) is 7.83. The third-order valence-electron chi connectivity index (χ3n) is 4.00. The highest BCUT2D eigenvalue weighted by atomic mass is 79.9. The average molecular weight is 450 g/mol. The highest BCUT2D eigenvalue weighted by Crippen LogP contribution is 2.29. The van der Waals surface area contributed by atoms with Crippen molar-refractivity contribution < 1.29 is 19.1 Å². The van der Waals surface area contributed by atoms with E-state index < -0.39 is 17.8 Å². The van der Waals surface area contributed by atoms with Crippen LogP contribution in [-0.4, -0.2) is 25.0 Å². The number of amides is 4. The lowest BCUT2D eigenvalue weighted by Crippen LogP contribution is -2.54. The molecule has 0 radical (unpaired) electrons. The number of carbonyl (C=O) groups excluding carboxylic acids is 3. The first kappa shape index (κ1) is 19.1. The summed E-state index contributed by atoms with van der Waals surface area (Å²) in [7, 11) is 1.53. The van der Waals surface area contributed by atoms with Crippen molar-refractivity contribution in [1.29, 1.82) is 0 Å². The number of carbonyl (C=O) groups is 3. The van der Waals surface area contributed by atoms with Crippen LogP contribution in [0.1, 0.15) is 11.1 Å². The molecular formula is C19H14BrClN2O4. The molecule has 1 N–H and O–H groups in total. The second-order valence-corrected chi connectivity index (χ2v) is 7.07. The number of nitrogens with zero attached hydrogens (tertiary/aromatic N) is 1. The Morgan fingerprint density at radius 3 is 2.56 bits per heavy atom. The molecule has 1 saturated heterocycles. The van der Waals surface area contributed by atoms with E-state index in [0.717, 1.165) is 4.90 Å². The summed E-state index contributed by atoms with van der Waals surface area (Å²) in [6.45, 7) is 1.74. The van der Waals surface area contributed by atoms with Crippen LogP contribution >= 0.6 is 27.5 Å². The highest BCUT2D eigenvalue weighted by Gasteiger charge is 2.37. The zero-order valence-corrected chi connectivity index (χ0v) is 16.7. The van der Waals surface area contributed by atoms with Crippen molar-refractivity contribution in [3.63, 3.8) is 0 Å². The second kappa shape index (κ2) is 7.54. The summed E-state index contributed by atoms with van der Waals surface area (Å²) in [6, 6.07) is 9.14. The molecule has 8 heteroatoms. The lowest BCUT2D eigenvalue weighted by atomic mass is 10.1. The molecule has 138 valence electrons. The van der Waals surface area contributed by atoms with Gasteiger partial charge in [-0.2, -0.15) is 0 Å². The Hall–Kier alpha value is -2.64. The molecule has 1 aliphatic rings. The number of anilines is 1. The van der Waals surface area contributed by atoms with E-state index in [4.69, 9.17) is 16.3 Å². The standard InChI is InChI=1S/C19H14BrClN2O4/c1-10-3-5-12(21)9-15(10)23-18(25)13(17(24)22-19(23)26)7-11-4-6-16(27-2)14(20)8-11/h3-9H,1-2H3,(H,22,24,26)/b13-7+. The van der Waals surface area contributed by atoms with Gasteiger partial charge in [-0.15, -0.1) is 0 Å². The Morgan fingerprint density at radius 1 is 1.15 bits per heavy atom. The van der Waals surface area contributed by atoms with Crippen LogP contribution < -0.4 is 15.0 Å². The van der Waals surface area contributed by atoms with E-state index >= 15 is 0 Å². The van der Waals surface area contributed by atoms with Gasteiger partial charge in [0.2, 0.25) is 0 Å². The van der Waals surface area contributed by atoms with Crippen molar-refractivity contribution in [1.82, 2.24) is 5.32 Å². The van der Waals surface area contributed by atoms with Crippen molar-refractivity contribution in [3.8, 4) is 5.75 Å². The van der Waals surface area contributed by atoms with Crippen molar-refractivity contribution in [2.45, 2.75) is 6.92 Å². The lowest BCUT2D eigenvalue weighted by Gasteiger charge is -2.27. The van der Waals surface area contributed by atoms with Crippen LogP contribution in [0.15, 0.2) is 46.4 Å². The fraction of sp³-hybridized carbons (Fsp3) is 0.105. The number of ether oxygens (including phenoxy) is 1. The molecule has 0 atom stereocenters. The number of hydrogen-bond donors (Lipinski definition) is 1. The molecule has 0 unspecified atom stereocenters. The van der Waals surface area contributed by atoms with Crippen LogP contribution in [0.5, 0.6) is 5.75 Å². The van der Waals surface area contributed by atoms with Gasteiger partial charge in [0.05, 0.1) is 17.3 Å². The Kier molecular flexibility index (Phi) is 5.34. The fourth-order valence-electron chi connectivity index (χ4n) is 2.64. The summed E-state index contributed by atoms with van der Waals surface area (Å²) in [4.78, 5) is 38.4. The van der Waals surface area contributed by atoms with E-state index in [1.54, 1.807) is 37.3 Å². The summed E-state index contributed by atoms with van der Waals surface area (Å²) < 4.78 is 5.83. The average Bonchev–Trinajstić information content (AvgIpc) is 2.61. The topological polar surface area (TPSA) is 75.7 Å². The normalized spacial score (nSPS) is 15.9. The molecule has 2 aromatic rings. The molecule has 27 heavy (non-hydrogen) atoms. The molecule has 3 rings (SSSR count). The van der Waals surface area contributed by atoms with Gasteiger partial charge in [-0.1, -0.05) is 23.7 Å². The number of rotatable bonds is 3. The third kappa shape index (κ3) is 3.74. The van der Waals surface area contributed by atoms with E-state index in [2.05, 4.69) is 21.2 Å². The molecule has 1 heterocycles. The number of methoxy groups -OCH3 is 1. The van der Waals surface area contributed by atoms with Gasteiger partial charge in [0, 0.05) is 5.02 Å². The van der Waals surface area contributed by atoms with Gasteiger partial charge in [0.15, 0.2) is 0 Å². The second-order valence-electron chi connectivity index (χ2n) is 5.78. The van der Waals surface area contributed by atoms with E-state index in [1.165, 1.54) is 19.3 Å². The van der Waals surface area contributed by atoms with Crippen LogP contribution in [0.2, 0.25) is 5.02 Å². The third-order valence-corrected chi connectivity index (χ3v) is 4.86. The minimum atomic E-state index is -0.816. The number of imide groups is 2. The van der Waals surface area contributed by atoms with E-state index in [9.17, 15) is 14.4 Å².